The number of hydroxylamine groups is 2. The monoisotopic (exact) mass is 311 g/mol. The topological polar surface area (TPSA) is 56.7 Å². The minimum atomic E-state index is -0.479. The molecule has 3 rings (SSSR count). The lowest BCUT2D eigenvalue weighted by Gasteiger charge is -2.29. The van der Waals surface area contributed by atoms with Gasteiger partial charge in [-0.3, -0.25) is 15.0 Å². The number of hydrogen-bond donors (Lipinski definition) is 1. The molecule has 23 heavy (non-hydrogen) atoms. The van der Waals surface area contributed by atoms with Crippen molar-refractivity contribution in [2.24, 2.45) is 0 Å². The lowest BCUT2D eigenvalue weighted by Crippen LogP contribution is -2.31. The average molecular weight is 311 g/mol. The summed E-state index contributed by atoms with van der Waals surface area (Å²) in [5, 5.41) is 10.8. The molecule has 2 heterocycles. The van der Waals surface area contributed by atoms with Crippen LogP contribution < -0.4 is 4.90 Å². The number of amides is 1. The number of carbonyl (C=O) groups excluding carboxylic acids is 1. The fraction of sp³-hybridized carbons (Fsp3) is 0.333. The normalized spacial score (nSPS) is 14.6. The lowest BCUT2D eigenvalue weighted by molar-refractivity contribution is -0.0652. The third kappa shape index (κ3) is 3.87. The van der Waals surface area contributed by atoms with E-state index in [4.69, 9.17) is 0 Å². The van der Waals surface area contributed by atoms with Crippen LogP contribution in [0.25, 0.3) is 0 Å². The number of benzene rings is 1. The van der Waals surface area contributed by atoms with Crippen LogP contribution in [0, 0.1) is 0 Å². The first kappa shape index (κ1) is 15.5. The van der Waals surface area contributed by atoms with Gasteiger partial charge in [-0.25, -0.2) is 5.06 Å². The molecule has 0 atom stereocenters. The fourth-order valence-electron chi connectivity index (χ4n) is 2.85. The molecule has 1 saturated heterocycles. The summed E-state index contributed by atoms with van der Waals surface area (Å²) in [6.07, 6.45) is 5.24. The maximum absolute atomic E-state index is 12.4. The number of anilines is 1. The summed E-state index contributed by atoms with van der Waals surface area (Å²) in [4.78, 5) is 18.8. The van der Waals surface area contributed by atoms with E-state index < -0.39 is 5.91 Å². The van der Waals surface area contributed by atoms with Crippen LogP contribution in [0.4, 0.5) is 5.69 Å². The molecule has 0 unspecified atom stereocenters. The zero-order valence-electron chi connectivity index (χ0n) is 13.1. The molecular weight excluding hydrogens is 290 g/mol. The minimum Gasteiger partial charge on any atom is -0.371 e. The SMILES string of the molecule is O=C(c1cc(N2CCCCC2)ccn1)N(O)Cc1ccccc1. The Balaban J connectivity index is 1.71. The number of nitrogens with zero attached hydrogens (tertiary/aromatic N) is 3. The molecule has 5 nitrogen and oxygen atoms in total. The quantitative estimate of drug-likeness (QED) is 0.696. The Hall–Kier alpha value is -2.40. The van der Waals surface area contributed by atoms with E-state index in [1.807, 2.05) is 36.4 Å². The van der Waals surface area contributed by atoms with E-state index in [0.29, 0.717) is 0 Å². The molecule has 1 aliphatic rings. The van der Waals surface area contributed by atoms with Gasteiger partial charge in [0.1, 0.15) is 5.69 Å². The summed E-state index contributed by atoms with van der Waals surface area (Å²) >= 11 is 0. The number of rotatable bonds is 4. The smallest absolute Gasteiger partial charge is 0.296 e. The van der Waals surface area contributed by atoms with Crippen molar-refractivity contribution >= 4 is 11.6 Å². The van der Waals surface area contributed by atoms with Gasteiger partial charge in [0.05, 0.1) is 6.54 Å². The van der Waals surface area contributed by atoms with E-state index in [9.17, 15) is 10.0 Å². The Labute approximate surface area is 136 Å². The van der Waals surface area contributed by atoms with Gasteiger partial charge in [-0.15, -0.1) is 0 Å². The van der Waals surface area contributed by atoms with Crippen molar-refractivity contribution in [2.75, 3.05) is 18.0 Å². The van der Waals surface area contributed by atoms with E-state index in [0.717, 1.165) is 29.4 Å². The molecular formula is C18H21N3O2. The molecule has 1 amide bonds. The first-order valence-corrected chi connectivity index (χ1v) is 8.00. The first-order valence-electron chi connectivity index (χ1n) is 8.00. The Morgan fingerprint density at radius 1 is 1.13 bits per heavy atom. The van der Waals surface area contributed by atoms with Gasteiger partial charge in [0.15, 0.2) is 0 Å². The molecule has 1 fully saturated rings. The Morgan fingerprint density at radius 3 is 2.61 bits per heavy atom. The summed E-state index contributed by atoms with van der Waals surface area (Å²) in [5.41, 5.74) is 2.14. The van der Waals surface area contributed by atoms with Gasteiger partial charge >= 0.3 is 0 Å². The molecule has 1 aromatic carbocycles. The first-order chi connectivity index (χ1) is 11.2. The van der Waals surface area contributed by atoms with Crippen LogP contribution in [-0.4, -0.2) is 34.3 Å². The summed E-state index contributed by atoms with van der Waals surface area (Å²) in [6.45, 7) is 2.16. The van der Waals surface area contributed by atoms with E-state index in [1.54, 1.807) is 12.3 Å². The van der Waals surface area contributed by atoms with E-state index in [-0.39, 0.29) is 12.2 Å². The number of carbonyl (C=O) groups is 1. The van der Waals surface area contributed by atoms with Crippen LogP contribution in [0.5, 0.6) is 0 Å². The standard InChI is InChI=1S/C18H21N3O2/c22-18(21(23)14-15-7-3-1-4-8-15)17-13-16(9-10-19-17)20-11-5-2-6-12-20/h1,3-4,7-10,13,23H,2,5-6,11-12,14H2. The maximum Gasteiger partial charge on any atom is 0.296 e. The summed E-state index contributed by atoms with van der Waals surface area (Å²) in [5.74, 6) is -0.479. The molecule has 1 N–H and O–H groups in total. The molecule has 0 radical (unpaired) electrons. The van der Waals surface area contributed by atoms with Crippen LogP contribution in [0.1, 0.15) is 35.3 Å². The Bertz CT molecular complexity index is 654. The second-order valence-electron chi connectivity index (χ2n) is 5.80. The second kappa shape index (κ2) is 7.24. The van der Waals surface area contributed by atoms with Crippen molar-refractivity contribution in [3.63, 3.8) is 0 Å². The Morgan fingerprint density at radius 2 is 1.87 bits per heavy atom. The van der Waals surface area contributed by atoms with Crippen LogP contribution in [0.15, 0.2) is 48.7 Å². The van der Waals surface area contributed by atoms with Gasteiger partial charge < -0.3 is 4.90 Å². The van der Waals surface area contributed by atoms with Crippen molar-refractivity contribution in [2.45, 2.75) is 25.8 Å². The van der Waals surface area contributed by atoms with Gasteiger partial charge in [0.25, 0.3) is 5.91 Å². The molecule has 0 aliphatic carbocycles. The highest BCUT2D eigenvalue weighted by Crippen LogP contribution is 2.20. The average Bonchev–Trinajstić information content (AvgIpc) is 2.63. The minimum absolute atomic E-state index is 0.148. The van der Waals surface area contributed by atoms with E-state index >= 15 is 0 Å². The van der Waals surface area contributed by atoms with Crippen LogP contribution in [0.3, 0.4) is 0 Å². The molecule has 0 spiro atoms. The summed E-state index contributed by atoms with van der Waals surface area (Å²) < 4.78 is 0. The largest absolute Gasteiger partial charge is 0.371 e. The molecule has 1 aliphatic heterocycles. The van der Waals surface area contributed by atoms with Crippen LogP contribution in [-0.2, 0) is 6.54 Å². The number of aromatic nitrogens is 1. The molecule has 0 saturated carbocycles. The lowest BCUT2D eigenvalue weighted by atomic mass is 10.1. The number of pyridine rings is 1. The Kier molecular flexibility index (Phi) is 4.88. The van der Waals surface area contributed by atoms with E-state index in [1.165, 1.54) is 19.3 Å². The third-order valence-corrected chi connectivity index (χ3v) is 4.09. The summed E-state index contributed by atoms with van der Waals surface area (Å²) in [6, 6.07) is 13.1. The van der Waals surface area contributed by atoms with Gasteiger partial charge in [-0.05, 0) is 37.0 Å². The second-order valence-corrected chi connectivity index (χ2v) is 5.80. The van der Waals surface area contributed by atoms with Crippen LogP contribution >= 0.6 is 0 Å². The van der Waals surface area contributed by atoms with Gasteiger partial charge in [0, 0.05) is 25.0 Å². The fourth-order valence-corrected chi connectivity index (χ4v) is 2.85. The summed E-state index contributed by atoms with van der Waals surface area (Å²) in [7, 11) is 0. The predicted molar refractivity (Wildman–Crippen MR) is 88.4 cm³/mol. The number of piperidine rings is 1. The third-order valence-electron chi connectivity index (χ3n) is 4.09. The molecule has 5 heteroatoms. The molecule has 120 valence electrons. The highest BCUT2D eigenvalue weighted by molar-refractivity contribution is 5.92. The maximum atomic E-state index is 12.4. The molecule has 1 aromatic heterocycles. The molecule has 0 bridgehead atoms. The van der Waals surface area contributed by atoms with Gasteiger partial charge in [-0.1, -0.05) is 30.3 Å². The zero-order valence-corrected chi connectivity index (χ0v) is 13.1. The predicted octanol–water partition coefficient (Wildman–Crippen LogP) is 3.10. The molecule has 2 aromatic rings. The van der Waals surface area contributed by atoms with Crippen molar-refractivity contribution < 1.29 is 10.0 Å². The van der Waals surface area contributed by atoms with Crippen molar-refractivity contribution in [3.8, 4) is 0 Å². The van der Waals surface area contributed by atoms with Crippen molar-refractivity contribution in [1.82, 2.24) is 10.0 Å². The van der Waals surface area contributed by atoms with Gasteiger partial charge in [-0.2, -0.15) is 0 Å². The highest BCUT2D eigenvalue weighted by atomic mass is 16.5. The number of hydrogen-bond acceptors (Lipinski definition) is 4. The van der Waals surface area contributed by atoms with Crippen molar-refractivity contribution in [1.29, 1.82) is 0 Å². The zero-order chi connectivity index (χ0) is 16.1. The highest BCUT2D eigenvalue weighted by Gasteiger charge is 2.18. The van der Waals surface area contributed by atoms with E-state index in [2.05, 4.69) is 9.88 Å². The van der Waals surface area contributed by atoms with Gasteiger partial charge in [0.2, 0.25) is 0 Å². The van der Waals surface area contributed by atoms with Crippen molar-refractivity contribution in [3.05, 3.63) is 59.9 Å². The van der Waals surface area contributed by atoms with Crippen LogP contribution in [0.2, 0.25) is 0 Å².